The molecule has 0 aliphatic heterocycles. The quantitative estimate of drug-likeness (QED) is 0.485. The van der Waals surface area contributed by atoms with E-state index in [0.29, 0.717) is 5.75 Å². The average molecular weight is 407 g/mol. The minimum absolute atomic E-state index is 0.0833. The van der Waals surface area contributed by atoms with Crippen LogP contribution in [0.15, 0.2) is 78.9 Å². The predicted octanol–water partition coefficient (Wildman–Crippen LogP) is 4.66. The highest BCUT2D eigenvalue weighted by Gasteiger charge is 2.19. The van der Waals surface area contributed by atoms with Crippen LogP contribution in [0.1, 0.15) is 10.4 Å². The van der Waals surface area contributed by atoms with E-state index in [1.165, 1.54) is 25.3 Å². The standard InChI is InChI=1S/C22H17NO7/c1-27-20(24)18-14-15(23-21(25)28-16-8-4-2-5-9-16)12-13-19(18)30-22(26)29-17-10-6-3-7-11-17/h2-14H,1H3,(H,23,25). The number of hydrogen-bond donors (Lipinski definition) is 1. The van der Waals surface area contributed by atoms with Crippen molar-refractivity contribution in [2.75, 3.05) is 12.4 Å². The summed E-state index contributed by atoms with van der Waals surface area (Å²) in [6, 6.07) is 20.8. The summed E-state index contributed by atoms with van der Waals surface area (Å²) in [5.41, 5.74) is 0.153. The maximum Gasteiger partial charge on any atom is 0.519 e. The van der Waals surface area contributed by atoms with Crippen molar-refractivity contribution < 1.29 is 33.3 Å². The Morgan fingerprint density at radius 3 is 1.93 bits per heavy atom. The molecule has 30 heavy (non-hydrogen) atoms. The van der Waals surface area contributed by atoms with Crippen LogP contribution in [0.25, 0.3) is 0 Å². The molecule has 0 spiro atoms. The molecule has 3 aromatic carbocycles. The highest BCUT2D eigenvalue weighted by Crippen LogP contribution is 2.25. The van der Waals surface area contributed by atoms with E-state index in [-0.39, 0.29) is 22.7 Å². The average Bonchev–Trinajstić information content (AvgIpc) is 2.75. The van der Waals surface area contributed by atoms with E-state index in [0.717, 1.165) is 0 Å². The van der Waals surface area contributed by atoms with Gasteiger partial charge in [-0.05, 0) is 42.5 Å². The monoisotopic (exact) mass is 407 g/mol. The summed E-state index contributed by atoms with van der Waals surface area (Å²) in [7, 11) is 1.18. The number of benzene rings is 3. The molecule has 0 saturated carbocycles. The minimum atomic E-state index is -1.03. The molecule has 0 aromatic heterocycles. The van der Waals surface area contributed by atoms with Crippen LogP contribution in [0.2, 0.25) is 0 Å². The molecule has 0 atom stereocenters. The first-order valence-corrected chi connectivity index (χ1v) is 8.76. The van der Waals surface area contributed by atoms with Crippen molar-refractivity contribution in [3.63, 3.8) is 0 Å². The molecule has 0 heterocycles. The topological polar surface area (TPSA) is 100 Å². The van der Waals surface area contributed by atoms with Gasteiger partial charge in [-0.1, -0.05) is 36.4 Å². The number of rotatable bonds is 5. The van der Waals surface area contributed by atoms with Crippen LogP contribution in [-0.4, -0.2) is 25.3 Å². The van der Waals surface area contributed by atoms with Gasteiger partial charge in [0.15, 0.2) is 0 Å². The Bertz CT molecular complexity index is 1040. The van der Waals surface area contributed by atoms with Gasteiger partial charge in [-0.15, -0.1) is 0 Å². The molecule has 0 bridgehead atoms. The van der Waals surface area contributed by atoms with Gasteiger partial charge >= 0.3 is 18.2 Å². The van der Waals surface area contributed by atoms with E-state index in [9.17, 15) is 14.4 Å². The largest absolute Gasteiger partial charge is 0.519 e. The normalized spacial score (nSPS) is 9.90. The zero-order valence-electron chi connectivity index (χ0n) is 15.9. The van der Waals surface area contributed by atoms with E-state index in [4.69, 9.17) is 18.9 Å². The Kier molecular flexibility index (Phi) is 6.63. The molecule has 8 nitrogen and oxygen atoms in total. The van der Waals surface area contributed by atoms with Crippen LogP contribution in [0.4, 0.5) is 15.3 Å². The second kappa shape index (κ2) is 9.74. The zero-order valence-corrected chi connectivity index (χ0v) is 15.9. The summed E-state index contributed by atoms with van der Waals surface area (Å²) in [6.45, 7) is 0. The number of methoxy groups -OCH3 is 1. The van der Waals surface area contributed by atoms with Crippen molar-refractivity contribution in [3.05, 3.63) is 84.4 Å². The van der Waals surface area contributed by atoms with E-state index in [2.05, 4.69) is 5.32 Å². The van der Waals surface area contributed by atoms with E-state index >= 15 is 0 Å². The highest BCUT2D eigenvalue weighted by molar-refractivity contribution is 5.96. The van der Waals surface area contributed by atoms with Crippen molar-refractivity contribution in [1.82, 2.24) is 0 Å². The summed E-state index contributed by atoms with van der Waals surface area (Å²) in [5, 5.41) is 2.49. The fraction of sp³-hybridized carbons (Fsp3) is 0.0455. The summed E-state index contributed by atoms with van der Waals surface area (Å²) in [5.74, 6) is -0.224. The molecule has 0 aliphatic rings. The Labute approximate surface area is 171 Å². The van der Waals surface area contributed by atoms with Gasteiger partial charge in [0.05, 0.1) is 7.11 Å². The number of ether oxygens (including phenoxy) is 4. The lowest BCUT2D eigenvalue weighted by atomic mass is 10.2. The molecule has 152 valence electrons. The van der Waals surface area contributed by atoms with Crippen molar-refractivity contribution in [2.24, 2.45) is 0 Å². The van der Waals surface area contributed by atoms with E-state index < -0.39 is 18.2 Å². The fourth-order valence-electron chi connectivity index (χ4n) is 2.40. The molecular formula is C22H17NO7. The molecule has 0 saturated heterocycles. The number of carbonyl (C=O) groups is 3. The predicted molar refractivity (Wildman–Crippen MR) is 107 cm³/mol. The van der Waals surface area contributed by atoms with Crippen molar-refractivity contribution >= 4 is 23.9 Å². The molecular weight excluding hydrogens is 390 g/mol. The van der Waals surface area contributed by atoms with Crippen molar-refractivity contribution in [2.45, 2.75) is 0 Å². The summed E-state index contributed by atoms with van der Waals surface area (Å²) >= 11 is 0. The summed E-state index contributed by atoms with van der Waals surface area (Å²) in [6.07, 6.45) is -1.79. The SMILES string of the molecule is COC(=O)c1cc(NC(=O)Oc2ccccc2)ccc1OC(=O)Oc1ccccc1. The molecule has 0 fully saturated rings. The molecule has 0 radical (unpaired) electrons. The molecule has 3 rings (SSSR count). The lowest BCUT2D eigenvalue weighted by Gasteiger charge is -2.12. The number of hydrogen-bond acceptors (Lipinski definition) is 7. The van der Waals surface area contributed by atoms with Gasteiger partial charge < -0.3 is 18.9 Å². The maximum atomic E-state index is 12.1. The van der Waals surface area contributed by atoms with Gasteiger partial charge in [-0.25, -0.2) is 14.4 Å². The maximum absolute atomic E-state index is 12.1. The minimum Gasteiger partial charge on any atom is -0.465 e. The van der Waals surface area contributed by atoms with Crippen LogP contribution in [0.3, 0.4) is 0 Å². The molecule has 3 aromatic rings. The second-order valence-electron chi connectivity index (χ2n) is 5.80. The number of esters is 1. The van der Waals surface area contributed by atoms with Crippen LogP contribution < -0.4 is 19.5 Å². The van der Waals surface area contributed by atoms with Crippen LogP contribution in [0.5, 0.6) is 17.2 Å². The lowest BCUT2D eigenvalue weighted by molar-refractivity contribution is 0.0597. The number of amides is 1. The Morgan fingerprint density at radius 1 is 0.733 bits per heavy atom. The van der Waals surface area contributed by atoms with Gasteiger partial charge in [0.2, 0.25) is 0 Å². The van der Waals surface area contributed by atoms with Crippen molar-refractivity contribution in [1.29, 1.82) is 0 Å². The van der Waals surface area contributed by atoms with Gasteiger partial charge in [0.1, 0.15) is 22.8 Å². The molecule has 8 heteroatoms. The Balaban J connectivity index is 1.72. The van der Waals surface area contributed by atoms with Gasteiger partial charge in [-0.3, -0.25) is 5.32 Å². The third-order valence-corrected chi connectivity index (χ3v) is 3.72. The van der Waals surface area contributed by atoms with Crippen molar-refractivity contribution in [3.8, 4) is 17.2 Å². The van der Waals surface area contributed by atoms with E-state index in [1.807, 2.05) is 0 Å². The first-order chi connectivity index (χ1) is 14.5. The Morgan fingerprint density at radius 2 is 1.33 bits per heavy atom. The summed E-state index contributed by atoms with van der Waals surface area (Å²) < 4.78 is 20.0. The third kappa shape index (κ3) is 5.59. The van der Waals surface area contributed by atoms with E-state index in [1.54, 1.807) is 60.7 Å². The first kappa shape index (κ1) is 20.4. The number of carbonyl (C=O) groups excluding carboxylic acids is 3. The molecule has 1 N–H and O–H groups in total. The van der Waals surface area contributed by atoms with Gasteiger partial charge in [0, 0.05) is 5.69 Å². The van der Waals surface area contributed by atoms with Gasteiger partial charge in [0.25, 0.3) is 0 Å². The third-order valence-electron chi connectivity index (χ3n) is 3.72. The number of para-hydroxylation sites is 2. The fourth-order valence-corrected chi connectivity index (χ4v) is 2.40. The highest BCUT2D eigenvalue weighted by atomic mass is 16.7. The van der Waals surface area contributed by atoms with Gasteiger partial charge in [-0.2, -0.15) is 0 Å². The summed E-state index contributed by atoms with van der Waals surface area (Å²) in [4.78, 5) is 36.2. The smallest absolute Gasteiger partial charge is 0.465 e. The number of anilines is 1. The van der Waals surface area contributed by atoms with Crippen LogP contribution in [0, 0.1) is 0 Å². The van der Waals surface area contributed by atoms with Crippen LogP contribution >= 0.6 is 0 Å². The second-order valence-corrected chi connectivity index (χ2v) is 5.80. The van der Waals surface area contributed by atoms with Crippen LogP contribution in [-0.2, 0) is 4.74 Å². The molecule has 0 aliphatic carbocycles. The Hall–Kier alpha value is -4.33. The zero-order chi connectivity index (χ0) is 21.3. The molecule has 0 unspecified atom stereocenters. The number of nitrogens with one attached hydrogen (secondary N) is 1. The molecule has 1 amide bonds. The lowest BCUT2D eigenvalue weighted by Crippen LogP contribution is -2.18. The first-order valence-electron chi connectivity index (χ1n) is 8.76.